The van der Waals surface area contributed by atoms with Crippen LogP contribution in [0.3, 0.4) is 0 Å². The van der Waals surface area contributed by atoms with Crippen molar-refractivity contribution in [1.29, 1.82) is 0 Å². The summed E-state index contributed by atoms with van der Waals surface area (Å²) in [5.74, 6) is -0.143. The van der Waals surface area contributed by atoms with Crippen molar-refractivity contribution in [2.45, 2.75) is 25.8 Å². The Kier molecular flexibility index (Phi) is 4.66. The molecule has 4 nitrogen and oxygen atoms in total. The fraction of sp³-hybridized carbons (Fsp3) is 0.500. The minimum atomic E-state index is -0.143. The Morgan fingerprint density at radius 2 is 2.16 bits per heavy atom. The minimum absolute atomic E-state index is 0.143. The topological polar surface area (TPSA) is 58.4 Å². The molecular weight excluding hydrogens is 262 g/mol. The lowest BCUT2D eigenvalue weighted by molar-refractivity contribution is 0.0940. The lowest BCUT2D eigenvalue weighted by atomic mass is 10.2. The van der Waals surface area contributed by atoms with Crippen LogP contribution in [-0.2, 0) is 0 Å². The summed E-state index contributed by atoms with van der Waals surface area (Å²) in [6, 6.07) is 5.30. The Bertz CT molecular complexity index is 458. The third kappa shape index (κ3) is 3.61. The highest BCUT2D eigenvalue weighted by Gasteiger charge is 2.19. The number of amides is 1. The lowest BCUT2D eigenvalue weighted by Crippen LogP contribution is -2.40. The third-order valence-corrected chi connectivity index (χ3v) is 3.87. The lowest BCUT2D eigenvalue weighted by Gasteiger charge is -2.23. The second-order valence-electron chi connectivity index (χ2n) is 5.04. The maximum absolute atomic E-state index is 12.0. The van der Waals surface area contributed by atoms with E-state index in [-0.39, 0.29) is 5.91 Å². The number of rotatable bonds is 4. The fourth-order valence-electron chi connectivity index (χ4n) is 2.36. The van der Waals surface area contributed by atoms with Crippen LogP contribution in [-0.4, -0.2) is 36.5 Å². The van der Waals surface area contributed by atoms with Crippen LogP contribution >= 0.6 is 11.6 Å². The molecule has 2 rings (SSSR count). The van der Waals surface area contributed by atoms with E-state index in [1.165, 1.54) is 12.8 Å². The molecule has 0 aliphatic carbocycles. The molecule has 1 aliphatic heterocycles. The molecule has 0 spiro atoms. The van der Waals surface area contributed by atoms with Gasteiger partial charge in [0, 0.05) is 18.3 Å². The molecule has 0 aromatic heterocycles. The normalized spacial score (nSPS) is 17.4. The molecule has 1 aliphatic rings. The molecule has 19 heavy (non-hydrogen) atoms. The van der Waals surface area contributed by atoms with Crippen LogP contribution in [0.4, 0.5) is 5.69 Å². The average Bonchev–Trinajstić information content (AvgIpc) is 2.89. The molecular formula is C14H20ClN3O. The molecule has 1 fully saturated rings. The number of nitrogens with one attached hydrogen (secondary N) is 1. The molecule has 5 heteroatoms. The molecule has 1 saturated heterocycles. The van der Waals surface area contributed by atoms with Gasteiger partial charge in [-0.25, -0.2) is 0 Å². The van der Waals surface area contributed by atoms with Crippen molar-refractivity contribution in [2.75, 3.05) is 25.4 Å². The highest BCUT2D eigenvalue weighted by Crippen LogP contribution is 2.19. The number of nitrogens with zero attached hydrogens (tertiary/aromatic N) is 1. The smallest absolute Gasteiger partial charge is 0.252 e. The summed E-state index contributed by atoms with van der Waals surface area (Å²) in [5, 5.41) is 3.32. The number of hydrogen-bond donors (Lipinski definition) is 2. The summed E-state index contributed by atoms with van der Waals surface area (Å²) in [4.78, 5) is 14.4. The molecule has 1 aromatic carbocycles. The second-order valence-corrected chi connectivity index (χ2v) is 5.45. The third-order valence-electron chi connectivity index (χ3n) is 3.56. The summed E-state index contributed by atoms with van der Waals surface area (Å²) in [7, 11) is 0. The molecule has 1 heterocycles. The summed E-state index contributed by atoms with van der Waals surface area (Å²) in [5.41, 5.74) is 6.65. The summed E-state index contributed by atoms with van der Waals surface area (Å²) < 4.78 is 0. The first kappa shape index (κ1) is 14.2. The molecule has 3 N–H and O–H groups in total. The monoisotopic (exact) mass is 281 g/mol. The largest absolute Gasteiger partial charge is 0.399 e. The van der Waals surface area contributed by atoms with E-state index >= 15 is 0 Å². The average molecular weight is 282 g/mol. The van der Waals surface area contributed by atoms with Crippen molar-refractivity contribution in [3.05, 3.63) is 28.8 Å². The van der Waals surface area contributed by atoms with Gasteiger partial charge < -0.3 is 11.1 Å². The van der Waals surface area contributed by atoms with E-state index in [2.05, 4.69) is 17.1 Å². The van der Waals surface area contributed by atoms with Gasteiger partial charge in [-0.2, -0.15) is 0 Å². The van der Waals surface area contributed by atoms with E-state index in [9.17, 15) is 4.79 Å². The van der Waals surface area contributed by atoms with E-state index in [1.807, 2.05) is 0 Å². The van der Waals surface area contributed by atoms with Crippen LogP contribution in [0.2, 0.25) is 5.02 Å². The van der Waals surface area contributed by atoms with Gasteiger partial charge >= 0.3 is 0 Å². The van der Waals surface area contributed by atoms with E-state index < -0.39 is 0 Å². The number of nitrogens with two attached hydrogens (primary N) is 1. The Morgan fingerprint density at radius 3 is 2.79 bits per heavy atom. The predicted octanol–water partition coefficient (Wildman–Crippen LogP) is 2.14. The number of benzene rings is 1. The standard InChI is InChI=1S/C14H20ClN3O/c1-10(18-6-2-3-7-18)9-17-14(19)12-5-4-11(16)8-13(12)15/h4-5,8,10H,2-3,6-7,9,16H2,1H3,(H,17,19). The number of anilines is 1. The second kappa shape index (κ2) is 6.26. The maximum Gasteiger partial charge on any atom is 0.252 e. The van der Waals surface area contributed by atoms with Crippen LogP contribution in [0.15, 0.2) is 18.2 Å². The zero-order valence-corrected chi connectivity index (χ0v) is 11.9. The summed E-state index contributed by atoms with van der Waals surface area (Å²) in [6.07, 6.45) is 2.50. The number of carbonyl (C=O) groups excluding carboxylic acids is 1. The van der Waals surface area contributed by atoms with E-state index in [4.69, 9.17) is 17.3 Å². The first-order valence-corrected chi connectivity index (χ1v) is 7.03. The van der Waals surface area contributed by atoms with Crippen molar-refractivity contribution >= 4 is 23.2 Å². The first-order chi connectivity index (χ1) is 9.08. The van der Waals surface area contributed by atoms with Crippen LogP contribution < -0.4 is 11.1 Å². The van der Waals surface area contributed by atoms with Gasteiger partial charge in [0.05, 0.1) is 10.6 Å². The van der Waals surface area contributed by atoms with Crippen molar-refractivity contribution in [2.24, 2.45) is 0 Å². The van der Waals surface area contributed by atoms with Gasteiger partial charge in [-0.1, -0.05) is 11.6 Å². The molecule has 0 radical (unpaired) electrons. The number of likely N-dealkylation sites (tertiary alicyclic amines) is 1. The molecule has 0 saturated carbocycles. The van der Waals surface area contributed by atoms with Crippen LogP contribution in [0.25, 0.3) is 0 Å². The summed E-state index contributed by atoms with van der Waals surface area (Å²) in [6.45, 7) is 5.02. The van der Waals surface area contributed by atoms with Crippen LogP contribution in [0.5, 0.6) is 0 Å². The molecule has 104 valence electrons. The highest BCUT2D eigenvalue weighted by molar-refractivity contribution is 6.34. The van der Waals surface area contributed by atoms with Crippen LogP contribution in [0, 0.1) is 0 Å². The fourth-order valence-corrected chi connectivity index (χ4v) is 2.64. The number of carbonyl (C=O) groups is 1. The van der Waals surface area contributed by atoms with Crippen LogP contribution in [0.1, 0.15) is 30.1 Å². The Hall–Kier alpha value is -1.26. The SMILES string of the molecule is CC(CNC(=O)c1ccc(N)cc1Cl)N1CCCC1. The van der Waals surface area contributed by atoms with Gasteiger partial charge in [0.15, 0.2) is 0 Å². The van der Waals surface area contributed by atoms with Gasteiger partial charge in [0.1, 0.15) is 0 Å². The van der Waals surface area contributed by atoms with E-state index in [1.54, 1.807) is 18.2 Å². The maximum atomic E-state index is 12.0. The number of halogens is 1. The number of nitrogen functional groups attached to an aromatic ring is 1. The minimum Gasteiger partial charge on any atom is -0.399 e. The Balaban J connectivity index is 1.90. The number of hydrogen-bond acceptors (Lipinski definition) is 3. The first-order valence-electron chi connectivity index (χ1n) is 6.65. The van der Waals surface area contributed by atoms with Gasteiger partial charge in [0.25, 0.3) is 5.91 Å². The van der Waals surface area contributed by atoms with Gasteiger partial charge in [-0.3, -0.25) is 9.69 Å². The van der Waals surface area contributed by atoms with Gasteiger partial charge in [-0.05, 0) is 51.1 Å². The van der Waals surface area contributed by atoms with E-state index in [0.717, 1.165) is 13.1 Å². The zero-order valence-electron chi connectivity index (χ0n) is 11.2. The molecule has 1 unspecified atom stereocenters. The van der Waals surface area contributed by atoms with Crippen molar-refractivity contribution in [3.8, 4) is 0 Å². The predicted molar refractivity (Wildman–Crippen MR) is 78.5 cm³/mol. The Morgan fingerprint density at radius 1 is 1.47 bits per heavy atom. The van der Waals surface area contributed by atoms with Gasteiger partial charge in [0.2, 0.25) is 0 Å². The molecule has 1 atom stereocenters. The van der Waals surface area contributed by atoms with Crippen molar-refractivity contribution < 1.29 is 4.79 Å². The summed E-state index contributed by atoms with van der Waals surface area (Å²) >= 11 is 6.02. The van der Waals surface area contributed by atoms with Gasteiger partial charge in [-0.15, -0.1) is 0 Å². The van der Waals surface area contributed by atoms with Crippen molar-refractivity contribution in [3.63, 3.8) is 0 Å². The highest BCUT2D eigenvalue weighted by atomic mass is 35.5. The van der Waals surface area contributed by atoms with Crippen molar-refractivity contribution in [1.82, 2.24) is 10.2 Å². The van der Waals surface area contributed by atoms with E-state index in [0.29, 0.717) is 28.9 Å². The molecule has 0 bridgehead atoms. The molecule has 1 aromatic rings. The quantitative estimate of drug-likeness (QED) is 0.832. The zero-order chi connectivity index (χ0) is 13.8. The molecule has 1 amide bonds. The Labute approximate surface area is 118 Å².